The molecule has 0 bridgehead atoms. The van der Waals surface area contributed by atoms with Crippen LogP contribution in [0.3, 0.4) is 0 Å². The van der Waals surface area contributed by atoms with Crippen molar-refractivity contribution in [1.82, 2.24) is 10.3 Å². The molecule has 82 valence electrons. The van der Waals surface area contributed by atoms with Crippen LogP contribution in [-0.2, 0) is 12.7 Å². The van der Waals surface area contributed by atoms with Crippen molar-refractivity contribution in [2.45, 2.75) is 12.7 Å². The van der Waals surface area contributed by atoms with Crippen molar-refractivity contribution in [3.05, 3.63) is 29.6 Å². The first-order valence-corrected chi connectivity index (χ1v) is 3.88. The summed E-state index contributed by atoms with van der Waals surface area (Å²) < 4.78 is 36.2. The van der Waals surface area contributed by atoms with Gasteiger partial charge < -0.3 is 10.4 Å². The molecule has 0 aliphatic carbocycles. The average Bonchev–Trinajstić information content (AvgIpc) is 2.14. The zero-order chi connectivity index (χ0) is 11.5. The van der Waals surface area contributed by atoms with Gasteiger partial charge in [-0.05, 0) is 11.6 Å². The van der Waals surface area contributed by atoms with E-state index >= 15 is 0 Å². The molecule has 0 fully saturated rings. The second kappa shape index (κ2) is 4.16. The summed E-state index contributed by atoms with van der Waals surface area (Å²) in [6, 6.07) is 1.98. The van der Waals surface area contributed by atoms with Crippen LogP contribution in [0.5, 0.6) is 0 Å². The first-order chi connectivity index (χ1) is 6.89. The van der Waals surface area contributed by atoms with Gasteiger partial charge >= 0.3 is 12.3 Å². The summed E-state index contributed by atoms with van der Waals surface area (Å²) in [5.41, 5.74) is -0.632. The number of halogens is 3. The smallest absolute Gasteiger partial charge is 0.433 e. The van der Waals surface area contributed by atoms with E-state index in [9.17, 15) is 18.0 Å². The molecule has 0 radical (unpaired) electrons. The molecule has 0 saturated heterocycles. The Morgan fingerprint density at radius 2 is 2.13 bits per heavy atom. The second-order valence-corrected chi connectivity index (χ2v) is 2.71. The minimum absolute atomic E-state index is 0.0690. The molecule has 1 amide bonds. The maximum atomic E-state index is 12.1. The molecule has 1 heterocycles. The number of pyridine rings is 1. The fraction of sp³-hybridized carbons (Fsp3) is 0.250. The predicted octanol–water partition coefficient (Wildman–Crippen LogP) is 1.87. The number of rotatable bonds is 2. The Hall–Kier alpha value is -1.79. The molecule has 0 unspecified atom stereocenters. The summed E-state index contributed by atoms with van der Waals surface area (Å²) in [6.07, 6.45) is -4.73. The lowest BCUT2D eigenvalue weighted by atomic mass is 10.2. The van der Waals surface area contributed by atoms with Gasteiger partial charge in [0.05, 0.1) is 0 Å². The van der Waals surface area contributed by atoms with Crippen molar-refractivity contribution in [1.29, 1.82) is 0 Å². The molecule has 1 rings (SSSR count). The molecule has 0 aliphatic heterocycles. The molecule has 0 atom stereocenters. The molecular weight excluding hydrogens is 213 g/mol. The first kappa shape index (κ1) is 11.3. The quantitative estimate of drug-likeness (QED) is 0.799. The number of hydrogen-bond donors (Lipinski definition) is 2. The lowest BCUT2D eigenvalue weighted by Crippen LogP contribution is -2.20. The standard InChI is InChI=1S/C8H7F3N2O2/c9-8(10,11)6-2-1-5(3-12-6)4-13-7(14)15/h1-3,13H,4H2,(H,14,15). The predicted molar refractivity (Wildman–Crippen MR) is 44.1 cm³/mol. The van der Waals surface area contributed by atoms with Gasteiger partial charge in [0.2, 0.25) is 0 Å². The molecule has 0 aromatic carbocycles. The lowest BCUT2D eigenvalue weighted by Gasteiger charge is -2.06. The third kappa shape index (κ3) is 3.45. The normalized spacial score (nSPS) is 11.1. The zero-order valence-corrected chi connectivity index (χ0v) is 7.38. The van der Waals surface area contributed by atoms with E-state index in [0.717, 1.165) is 12.3 Å². The summed E-state index contributed by atoms with van der Waals surface area (Å²) in [6.45, 7) is -0.0690. The number of hydrogen-bond acceptors (Lipinski definition) is 2. The monoisotopic (exact) mass is 220 g/mol. The Morgan fingerprint density at radius 1 is 1.47 bits per heavy atom. The molecule has 15 heavy (non-hydrogen) atoms. The van der Waals surface area contributed by atoms with Gasteiger partial charge in [-0.25, -0.2) is 4.79 Å². The SMILES string of the molecule is O=C(O)NCc1ccc(C(F)(F)F)nc1. The molecule has 0 saturated carbocycles. The van der Waals surface area contributed by atoms with Crippen molar-refractivity contribution in [3.8, 4) is 0 Å². The van der Waals surface area contributed by atoms with E-state index in [-0.39, 0.29) is 6.54 Å². The van der Waals surface area contributed by atoms with Crippen LogP contribution < -0.4 is 5.32 Å². The molecule has 4 nitrogen and oxygen atoms in total. The summed E-state index contributed by atoms with van der Waals surface area (Å²) in [7, 11) is 0. The van der Waals surface area contributed by atoms with Gasteiger partial charge in [-0.1, -0.05) is 6.07 Å². The second-order valence-electron chi connectivity index (χ2n) is 2.71. The van der Waals surface area contributed by atoms with Crippen molar-refractivity contribution in [3.63, 3.8) is 0 Å². The van der Waals surface area contributed by atoms with E-state index in [0.29, 0.717) is 5.56 Å². The van der Waals surface area contributed by atoms with Crippen molar-refractivity contribution >= 4 is 6.09 Å². The summed E-state index contributed by atoms with van der Waals surface area (Å²) in [5, 5.41) is 10.3. The van der Waals surface area contributed by atoms with Crippen LogP contribution in [0.15, 0.2) is 18.3 Å². The van der Waals surface area contributed by atoms with Crippen LogP contribution >= 0.6 is 0 Å². The van der Waals surface area contributed by atoms with E-state index in [1.165, 1.54) is 6.07 Å². The molecule has 2 N–H and O–H groups in total. The van der Waals surface area contributed by atoms with Crippen LogP contribution in [0, 0.1) is 0 Å². The van der Waals surface area contributed by atoms with Crippen LogP contribution in [0.1, 0.15) is 11.3 Å². The Balaban J connectivity index is 2.69. The number of amides is 1. The van der Waals surface area contributed by atoms with Crippen molar-refractivity contribution < 1.29 is 23.1 Å². The van der Waals surface area contributed by atoms with E-state index in [4.69, 9.17) is 5.11 Å². The summed E-state index contributed by atoms with van der Waals surface area (Å²) >= 11 is 0. The van der Waals surface area contributed by atoms with E-state index in [1.54, 1.807) is 0 Å². The maximum Gasteiger partial charge on any atom is 0.433 e. The highest BCUT2D eigenvalue weighted by atomic mass is 19.4. The van der Waals surface area contributed by atoms with Gasteiger partial charge in [0.25, 0.3) is 0 Å². The summed E-state index contributed by atoms with van der Waals surface area (Å²) in [5.74, 6) is 0. The maximum absolute atomic E-state index is 12.1. The van der Waals surface area contributed by atoms with Crippen LogP contribution in [0.2, 0.25) is 0 Å². The van der Waals surface area contributed by atoms with E-state index in [1.807, 2.05) is 5.32 Å². The molecule has 1 aromatic rings. The van der Waals surface area contributed by atoms with Crippen LogP contribution in [0.25, 0.3) is 0 Å². The van der Waals surface area contributed by atoms with E-state index < -0.39 is 18.0 Å². The minimum Gasteiger partial charge on any atom is -0.465 e. The van der Waals surface area contributed by atoms with Gasteiger partial charge in [-0.3, -0.25) is 4.98 Å². The molecule has 0 spiro atoms. The third-order valence-electron chi connectivity index (χ3n) is 1.56. The molecule has 1 aromatic heterocycles. The molecule has 7 heteroatoms. The number of alkyl halides is 3. The Morgan fingerprint density at radius 3 is 2.53 bits per heavy atom. The van der Waals surface area contributed by atoms with Gasteiger partial charge in [-0.2, -0.15) is 13.2 Å². The Bertz CT molecular complexity index is 348. The van der Waals surface area contributed by atoms with Crippen LogP contribution in [0.4, 0.5) is 18.0 Å². The highest BCUT2D eigenvalue weighted by Crippen LogP contribution is 2.27. The fourth-order valence-electron chi connectivity index (χ4n) is 0.874. The number of carbonyl (C=O) groups is 1. The molecular formula is C8H7F3N2O2. The minimum atomic E-state index is -4.47. The lowest BCUT2D eigenvalue weighted by molar-refractivity contribution is -0.141. The topological polar surface area (TPSA) is 62.2 Å². The van der Waals surface area contributed by atoms with Crippen LogP contribution in [-0.4, -0.2) is 16.2 Å². The zero-order valence-electron chi connectivity index (χ0n) is 7.38. The highest BCUT2D eigenvalue weighted by molar-refractivity contribution is 5.64. The number of nitrogens with zero attached hydrogens (tertiary/aromatic N) is 1. The van der Waals surface area contributed by atoms with Gasteiger partial charge in [0.15, 0.2) is 0 Å². The number of aromatic nitrogens is 1. The molecule has 0 aliphatic rings. The number of nitrogens with one attached hydrogen (secondary N) is 1. The Labute approximate surface area is 82.7 Å². The average molecular weight is 220 g/mol. The third-order valence-corrected chi connectivity index (χ3v) is 1.56. The van der Waals surface area contributed by atoms with Crippen molar-refractivity contribution in [2.75, 3.05) is 0 Å². The fourth-order valence-corrected chi connectivity index (χ4v) is 0.874. The van der Waals surface area contributed by atoms with E-state index in [2.05, 4.69) is 4.98 Å². The first-order valence-electron chi connectivity index (χ1n) is 3.88. The van der Waals surface area contributed by atoms with Gasteiger partial charge in [0.1, 0.15) is 5.69 Å². The van der Waals surface area contributed by atoms with Gasteiger partial charge in [0, 0.05) is 12.7 Å². The van der Waals surface area contributed by atoms with Crippen molar-refractivity contribution in [2.24, 2.45) is 0 Å². The largest absolute Gasteiger partial charge is 0.465 e. The highest BCUT2D eigenvalue weighted by Gasteiger charge is 2.31. The Kier molecular flexibility index (Phi) is 3.13. The van der Waals surface area contributed by atoms with Gasteiger partial charge in [-0.15, -0.1) is 0 Å². The number of carboxylic acid groups (broad SMARTS) is 1. The summed E-state index contributed by atoms with van der Waals surface area (Å²) in [4.78, 5) is 13.3.